The first-order valence-electron chi connectivity index (χ1n) is 5.64. The van der Waals surface area contributed by atoms with Gasteiger partial charge in [-0.1, -0.05) is 20.8 Å². The van der Waals surface area contributed by atoms with Crippen LogP contribution in [0.15, 0.2) is 0 Å². The summed E-state index contributed by atoms with van der Waals surface area (Å²) in [4.78, 5) is 27.3. The van der Waals surface area contributed by atoms with Crippen LogP contribution in [-0.2, 0) is 15.0 Å². The van der Waals surface area contributed by atoms with E-state index in [-0.39, 0.29) is 22.4 Å². The molecular formula is C11H15N3O2S2. The SMILES string of the molecule is CC(C)(C)c1nsc(NC(=O)C2CC(=O)CS2)n1. The largest absolute Gasteiger partial charge is 0.300 e. The number of nitrogens with zero attached hydrogens (tertiary/aromatic N) is 2. The average Bonchev–Trinajstić information content (AvgIpc) is 2.85. The van der Waals surface area contributed by atoms with Crippen molar-refractivity contribution in [3.63, 3.8) is 0 Å². The van der Waals surface area contributed by atoms with E-state index < -0.39 is 0 Å². The first kappa shape index (κ1) is 13.5. The molecule has 2 rings (SSSR count). The molecule has 2 heterocycles. The van der Waals surface area contributed by atoms with Gasteiger partial charge >= 0.3 is 0 Å². The highest BCUT2D eigenvalue weighted by atomic mass is 32.2. The molecule has 1 N–H and O–H groups in total. The second kappa shape index (κ2) is 4.97. The molecule has 0 aromatic carbocycles. The minimum Gasteiger partial charge on any atom is -0.300 e. The Hall–Kier alpha value is -0.950. The summed E-state index contributed by atoms with van der Waals surface area (Å²) < 4.78 is 4.22. The van der Waals surface area contributed by atoms with E-state index in [9.17, 15) is 9.59 Å². The standard InChI is InChI=1S/C11H15N3O2S2/c1-11(2,3)9-13-10(18-14-9)12-8(16)7-4-6(15)5-17-7/h7H,4-5H2,1-3H3,(H,12,13,14,16). The third-order valence-corrected chi connectivity index (χ3v) is 4.38. The van der Waals surface area contributed by atoms with Crippen molar-refractivity contribution in [3.05, 3.63) is 5.82 Å². The fourth-order valence-electron chi connectivity index (χ4n) is 1.45. The lowest BCUT2D eigenvalue weighted by atomic mass is 9.96. The molecule has 0 bridgehead atoms. The Kier molecular flexibility index (Phi) is 3.72. The van der Waals surface area contributed by atoms with Gasteiger partial charge in [0, 0.05) is 23.4 Å². The fourth-order valence-corrected chi connectivity index (χ4v) is 3.23. The van der Waals surface area contributed by atoms with Crippen LogP contribution < -0.4 is 5.32 Å². The Morgan fingerprint density at radius 1 is 1.44 bits per heavy atom. The van der Waals surface area contributed by atoms with Crippen LogP contribution in [0, 0.1) is 0 Å². The maximum atomic E-state index is 11.9. The van der Waals surface area contributed by atoms with Crippen LogP contribution >= 0.6 is 23.3 Å². The minimum atomic E-state index is -0.278. The van der Waals surface area contributed by atoms with Crippen molar-refractivity contribution in [2.24, 2.45) is 0 Å². The maximum Gasteiger partial charge on any atom is 0.239 e. The molecule has 5 nitrogen and oxygen atoms in total. The zero-order valence-electron chi connectivity index (χ0n) is 10.5. The van der Waals surface area contributed by atoms with Crippen molar-refractivity contribution < 1.29 is 9.59 Å². The van der Waals surface area contributed by atoms with Crippen LogP contribution in [0.2, 0.25) is 0 Å². The molecule has 1 saturated heterocycles. The molecule has 1 aliphatic heterocycles. The summed E-state index contributed by atoms with van der Waals surface area (Å²) >= 11 is 2.56. The average molecular weight is 285 g/mol. The van der Waals surface area contributed by atoms with Gasteiger partial charge in [0.15, 0.2) is 0 Å². The molecule has 0 aliphatic carbocycles. The Bertz CT molecular complexity index is 479. The molecule has 1 unspecified atom stereocenters. The third-order valence-electron chi connectivity index (χ3n) is 2.48. The van der Waals surface area contributed by atoms with E-state index in [0.717, 1.165) is 5.82 Å². The monoisotopic (exact) mass is 285 g/mol. The van der Waals surface area contributed by atoms with Gasteiger partial charge in [-0.3, -0.25) is 14.9 Å². The predicted molar refractivity (Wildman–Crippen MR) is 73.1 cm³/mol. The van der Waals surface area contributed by atoms with Crippen molar-refractivity contribution in [2.45, 2.75) is 37.9 Å². The number of carbonyl (C=O) groups excluding carboxylic acids is 2. The van der Waals surface area contributed by atoms with Crippen LogP contribution in [0.4, 0.5) is 5.13 Å². The summed E-state index contributed by atoms with van der Waals surface area (Å²) in [6, 6.07) is 0. The first-order valence-corrected chi connectivity index (χ1v) is 7.47. The minimum absolute atomic E-state index is 0.127. The summed E-state index contributed by atoms with van der Waals surface area (Å²) in [5.74, 6) is 1.13. The van der Waals surface area contributed by atoms with Gasteiger partial charge in [0.2, 0.25) is 11.0 Å². The number of anilines is 1. The van der Waals surface area contributed by atoms with Crippen molar-refractivity contribution in [1.82, 2.24) is 9.36 Å². The molecule has 1 atom stereocenters. The number of rotatable bonds is 2. The Labute approximate surface area is 114 Å². The van der Waals surface area contributed by atoms with E-state index in [1.807, 2.05) is 20.8 Å². The quantitative estimate of drug-likeness (QED) is 0.898. The smallest absolute Gasteiger partial charge is 0.239 e. The van der Waals surface area contributed by atoms with E-state index in [0.29, 0.717) is 17.3 Å². The van der Waals surface area contributed by atoms with Crippen molar-refractivity contribution in [2.75, 3.05) is 11.1 Å². The Morgan fingerprint density at radius 3 is 2.67 bits per heavy atom. The van der Waals surface area contributed by atoms with Crippen LogP contribution in [0.25, 0.3) is 0 Å². The molecule has 1 aromatic heterocycles. The number of carbonyl (C=O) groups is 2. The van der Waals surface area contributed by atoms with E-state index in [1.165, 1.54) is 23.3 Å². The number of aromatic nitrogens is 2. The van der Waals surface area contributed by atoms with Gasteiger partial charge in [-0.15, -0.1) is 11.8 Å². The molecule has 0 spiro atoms. The summed E-state index contributed by atoms with van der Waals surface area (Å²) in [5, 5.41) is 2.96. The highest BCUT2D eigenvalue weighted by Crippen LogP contribution is 2.26. The Morgan fingerprint density at radius 2 is 2.17 bits per heavy atom. The normalized spacial score (nSPS) is 20.2. The molecule has 1 amide bonds. The number of nitrogens with one attached hydrogen (secondary N) is 1. The van der Waals surface area contributed by atoms with Gasteiger partial charge in [0.25, 0.3) is 0 Å². The molecule has 18 heavy (non-hydrogen) atoms. The van der Waals surface area contributed by atoms with E-state index in [1.54, 1.807) is 0 Å². The van der Waals surface area contributed by atoms with E-state index >= 15 is 0 Å². The zero-order chi connectivity index (χ0) is 13.3. The van der Waals surface area contributed by atoms with Gasteiger partial charge < -0.3 is 0 Å². The first-order chi connectivity index (χ1) is 8.36. The van der Waals surface area contributed by atoms with Crippen LogP contribution in [0.5, 0.6) is 0 Å². The summed E-state index contributed by atoms with van der Waals surface area (Å²) in [6.07, 6.45) is 0.321. The molecule has 98 valence electrons. The molecule has 1 aromatic rings. The van der Waals surface area contributed by atoms with Crippen molar-refractivity contribution >= 4 is 40.1 Å². The second-order valence-electron chi connectivity index (χ2n) is 5.20. The van der Waals surface area contributed by atoms with Crippen LogP contribution in [0.1, 0.15) is 33.0 Å². The van der Waals surface area contributed by atoms with Gasteiger partial charge in [0.1, 0.15) is 11.6 Å². The van der Waals surface area contributed by atoms with Crippen LogP contribution in [0.3, 0.4) is 0 Å². The van der Waals surface area contributed by atoms with Gasteiger partial charge in [-0.25, -0.2) is 4.98 Å². The summed E-state index contributed by atoms with van der Waals surface area (Å²) in [6.45, 7) is 6.06. The van der Waals surface area contributed by atoms with Crippen LogP contribution in [-0.4, -0.2) is 32.1 Å². The zero-order valence-corrected chi connectivity index (χ0v) is 12.2. The number of Topliss-reactive ketones (excluding diaryl/α,β-unsaturated/α-hetero) is 1. The predicted octanol–water partition coefficient (Wildman–Crippen LogP) is 1.85. The topological polar surface area (TPSA) is 72.0 Å². The molecule has 1 aliphatic rings. The number of hydrogen-bond acceptors (Lipinski definition) is 6. The number of amides is 1. The maximum absolute atomic E-state index is 11.9. The Balaban J connectivity index is 1.99. The van der Waals surface area contributed by atoms with Gasteiger partial charge in [0.05, 0.1) is 11.0 Å². The molecular weight excluding hydrogens is 270 g/mol. The summed E-state index contributed by atoms with van der Waals surface area (Å²) in [5.41, 5.74) is -0.127. The fraction of sp³-hybridized carbons (Fsp3) is 0.636. The van der Waals surface area contributed by atoms with Gasteiger partial charge in [-0.2, -0.15) is 4.37 Å². The molecule has 0 radical (unpaired) electrons. The third kappa shape index (κ3) is 3.08. The molecule has 7 heteroatoms. The summed E-state index contributed by atoms with van der Waals surface area (Å²) in [7, 11) is 0. The lowest BCUT2D eigenvalue weighted by molar-refractivity contribution is -0.120. The number of hydrogen-bond donors (Lipinski definition) is 1. The highest BCUT2D eigenvalue weighted by Gasteiger charge is 2.30. The van der Waals surface area contributed by atoms with E-state index in [2.05, 4.69) is 14.7 Å². The van der Waals surface area contributed by atoms with Crippen molar-refractivity contribution in [3.8, 4) is 0 Å². The lowest BCUT2D eigenvalue weighted by Crippen LogP contribution is -2.23. The number of ketones is 1. The highest BCUT2D eigenvalue weighted by molar-refractivity contribution is 8.01. The second-order valence-corrected chi connectivity index (χ2v) is 7.15. The van der Waals surface area contributed by atoms with E-state index in [4.69, 9.17) is 0 Å². The van der Waals surface area contributed by atoms with Crippen molar-refractivity contribution in [1.29, 1.82) is 0 Å². The number of thioether (sulfide) groups is 1. The van der Waals surface area contributed by atoms with Gasteiger partial charge in [-0.05, 0) is 0 Å². The molecule has 0 saturated carbocycles. The molecule has 1 fully saturated rings. The lowest BCUT2D eigenvalue weighted by Gasteiger charge is -2.12.